The van der Waals surface area contributed by atoms with Crippen molar-refractivity contribution in [3.8, 4) is 0 Å². The molecule has 20 heavy (non-hydrogen) atoms. The van der Waals surface area contributed by atoms with Gasteiger partial charge in [-0.3, -0.25) is 0 Å². The fourth-order valence-electron chi connectivity index (χ4n) is 2.66. The summed E-state index contributed by atoms with van der Waals surface area (Å²) in [6, 6.07) is 6.95. The van der Waals surface area contributed by atoms with Crippen molar-refractivity contribution >= 4 is 10.0 Å². The molecule has 1 aromatic carbocycles. The first-order valence-corrected chi connectivity index (χ1v) is 8.44. The van der Waals surface area contributed by atoms with Gasteiger partial charge in [0.2, 0.25) is 10.0 Å². The van der Waals surface area contributed by atoms with Crippen molar-refractivity contribution in [2.75, 3.05) is 13.1 Å². The van der Waals surface area contributed by atoms with Crippen molar-refractivity contribution in [3.63, 3.8) is 0 Å². The van der Waals surface area contributed by atoms with Gasteiger partial charge >= 0.3 is 0 Å². The lowest BCUT2D eigenvalue weighted by molar-refractivity contribution is -0.00375. The fourth-order valence-corrected chi connectivity index (χ4v) is 4.13. The number of nitrogens with zero attached hydrogens (tertiary/aromatic N) is 1. The molecule has 1 aromatic rings. The number of rotatable bonds is 3. The molecule has 0 aliphatic carbocycles. The van der Waals surface area contributed by atoms with E-state index >= 15 is 0 Å². The van der Waals surface area contributed by atoms with Crippen molar-refractivity contribution in [2.24, 2.45) is 5.92 Å². The maximum atomic E-state index is 12.5. The summed E-state index contributed by atoms with van der Waals surface area (Å²) < 4.78 is 26.6. The van der Waals surface area contributed by atoms with Crippen LogP contribution in [0.2, 0.25) is 0 Å². The molecule has 0 aromatic heterocycles. The molecule has 0 radical (unpaired) electrons. The van der Waals surface area contributed by atoms with Crippen LogP contribution in [0.25, 0.3) is 0 Å². The molecule has 112 valence electrons. The monoisotopic (exact) mass is 297 g/mol. The number of aliphatic hydroxyl groups is 1. The van der Waals surface area contributed by atoms with Crippen molar-refractivity contribution in [3.05, 3.63) is 29.8 Å². The van der Waals surface area contributed by atoms with Crippen LogP contribution < -0.4 is 0 Å². The number of piperidine rings is 1. The Morgan fingerprint density at radius 1 is 1.15 bits per heavy atom. The van der Waals surface area contributed by atoms with E-state index in [1.807, 2.05) is 19.1 Å². The van der Waals surface area contributed by atoms with Crippen molar-refractivity contribution in [1.82, 2.24) is 4.31 Å². The third kappa shape index (κ3) is 3.22. The molecule has 0 spiro atoms. The molecular weight excluding hydrogens is 274 g/mol. The standard InChI is InChI=1S/C15H23NO3S/c1-12-4-6-14(7-5-12)20(18,19)16-10-8-13(9-11-16)15(2,3)17/h4-7,13,17H,8-11H2,1-3H3. The molecule has 1 fully saturated rings. The van der Waals surface area contributed by atoms with Crippen molar-refractivity contribution in [1.29, 1.82) is 0 Å². The van der Waals surface area contributed by atoms with Gasteiger partial charge in [0.25, 0.3) is 0 Å². The Hall–Kier alpha value is -0.910. The average molecular weight is 297 g/mol. The molecule has 2 rings (SSSR count). The van der Waals surface area contributed by atoms with Crippen LogP contribution >= 0.6 is 0 Å². The minimum Gasteiger partial charge on any atom is -0.390 e. The molecule has 4 nitrogen and oxygen atoms in total. The Morgan fingerprint density at radius 2 is 1.65 bits per heavy atom. The zero-order valence-electron chi connectivity index (χ0n) is 12.3. The highest BCUT2D eigenvalue weighted by atomic mass is 32.2. The quantitative estimate of drug-likeness (QED) is 0.930. The van der Waals surface area contributed by atoms with Gasteiger partial charge in [0.05, 0.1) is 10.5 Å². The van der Waals surface area contributed by atoms with Gasteiger partial charge in [-0.15, -0.1) is 0 Å². The summed E-state index contributed by atoms with van der Waals surface area (Å²) in [5, 5.41) is 10.0. The molecule has 1 aliphatic heterocycles. The number of aryl methyl sites for hydroxylation is 1. The average Bonchev–Trinajstić information content (AvgIpc) is 2.38. The van der Waals surface area contributed by atoms with Crippen LogP contribution in [0.15, 0.2) is 29.2 Å². The van der Waals surface area contributed by atoms with Crippen LogP contribution in [-0.2, 0) is 10.0 Å². The van der Waals surface area contributed by atoms with Gasteiger partial charge in [0.15, 0.2) is 0 Å². The molecule has 0 unspecified atom stereocenters. The summed E-state index contributed by atoms with van der Waals surface area (Å²) >= 11 is 0. The minimum atomic E-state index is -3.40. The lowest BCUT2D eigenvalue weighted by Gasteiger charge is -2.37. The Labute approximate surface area is 121 Å². The highest BCUT2D eigenvalue weighted by Crippen LogP contribution is 2.30. The summed E-state index contributed by atoms with van der Waals surface area (Å²) in [7, 11) is -3.40. The van der Waals surface area contributed by atoms with E-state index < -0.39 is 15.6 Å². The van der Waals surface area contributed by atoms with E-state index in [9.17, 15) is 13.5 Å². The van der Waals surface area contributed by atoms with Crippen LogP contribution in [-0.4, -0.2) is 36.5 Å². The summed E-state index contributed by atoms with van der Waals surface area (Å²) in [6.45, 7) is 6.48. The molecular formula is C15H23NO3S. The topological polar surface area (TPSA) is 57.6 Å². The van der Waals surface area contributed by atoms with Gasteiger partial charge in [-0.25, -0.2) is 8.42 Å². The minimum absolute atomic E-state index is 0.159. The van der Waals surface area contributed by atoms with Crippen molar-refractivity contribution < 1.29 is 13.5 Å². The smallest absolute Gasteiger partial charge is 0.243 e. The SMILES string of the molecule is Cc1ccc(S(=O)(=O)N2CCC(C(C)(C)O)CC2)cc1. The van der Waals surface area contributed by atoms with E-state index in [2.05, 4.69) is 0 Å². The Morgan fingerprint density at radius 3 is 2.10 bits per heavy atom. The summed E-state index contributed by atoms with van der Waals surface area (Å²) in [5.41, 5.74) is 0.310. The molecule has 0 saturated carbocycles. The van der Waals surface area contributed by atoms with E-state index in [4.69, 9.17) is 0 Å². The lowest BCUT2D eigenvalue weighted by Crippen LogP contribution is -2.44. The molecule has 1 aliphatic rings. The number of sulfonamides is 1. The molecule has 0 atom stereocenters. The zero-order valence-corrected chi connectivity index (χ0v) is 13.2. The third-order valence-corrected chi connectivity index (χ3v) is 6.02. The maximum absolute atomic E-state index is 12.5. The van der Waals surface area contributed by atoms with Crippen LogP contribution in [0.5, 0.6) is 0 Å². The summed E-state index contributed by atoms with van der Waals surface area (Å²) in [4.78, 5) is 0.352. The first-order valence-electron chi connectivity index (χ1n) is 7.00. The van der Waals surface area contributed by atoms with E-state index in [0.29, 0.717) is 30.8 Å². The maximum Gasteiger partial charge on any atom is 0.243 e. The first-order chi connectivity index (χ1) is 9.21. The highest BCUT2D eigenvalue weighted by Gasteiger charge is 2.34. The number of benzene rings is 1. The molecule has 1 heterocycles. The van der Waals surface area contributed by atoms with Crippen LogP contribution in [0.4, 0.5) is 0 Å². The Balaban J connectivity index is 2.11. The van der Waals surface area contributed by atoms with Gasteiger partial charge in [-0.2, -0.15) is 4.31 Å². The fraction of sp³-hybridized carbons (Fsp3) is 0.600. The van der Waals surface area contributed by atoms with Crippen LogP contribution in [0, 0.1) is 12.8 Å². The molecule has 5 heteroatoms. The largest absolute Gasteiger partial charge is 0.390 e. The molecule has 0 bridgehead atoms. The van der Waals surface area contributed by atoms with Gasteiger partial charge in [-0.1, -0.05) is 17.7 Å². The van der Waals surface area contributed by atoms with E-state index in [1.54, 1.807) is 26.0 Å². The number of hydrogen-bond donors (Lipinski definition) is 1. The summed E-state index contributed by atoms with van der Waals surface area (Å²) in [6.07, 6.45) is 1.41. The third-order valence-electron chi connectivity index (χ3n) is 4.11. The van der Waals surface area contributed by atoms with E-state index in [0.717, 1.165) is 5.56 Å². The Kier molecular flexibility index (Phi) is 4.23. The second kappa shape index (κ2) is 5.47. The zero-order chi connectivity index (χ0) is 15.0. The van der Waals surface area contributed by atoms with Gasteiger partial charge in [-0.05, 0) is 51.7 Å². The van der Waals surface area contributed by atoms with Gasteiger partial charge in [0, 0.05) is 13.1 Å². The van der Waals surface area contributed by atoms with Crippen LogP contribution in [0.3, 0.4) is 0 Å². The van der Waals surface area contributed by atoms with Gasteiger partial charge < -0.3 is 5.11 Å². The second-order valence-electron chi connectivity index (χ2n) is 6.15. The molecule has 1 saturated heterocycles. The second-order valence-corrected chi connectivity index (χ2v) is 8.08. The van der Waals surface area contributed by atoms with E-state index in [1.165, 1.54) is 4.31 Å². The highest BCUT2D eigenvalue weighted by molar-refractivity contribution is 7.89. The van der Waals surface area contributed by atoms with Crippen LogP contribution in [0.1, 0.15) is 32.3 Å². The summed E-state index contributed by atoms with van der Waals surface area (Å²) in [5.74, 6) is 0.159. The predicted octanol–water partition coefficient (Wildman–Crippen LogP) is 2.17. The number of hydrogen-bond acceptors (Lipinski definition) is 3. The molecule has 0 amide bonds. The van der Waals surface area contributed by atoms with Gasteiger partial charge in [0.1, 0.15) is 0 Å². The molecule has 1 N–H and O–H groups in total. The first kappa shape index (κ1) is 15.5. The van der Waals surface area contributed by atoms with Crippen molar-refractivity contribution in [2.45, 2.75) is 44.1 Å². The normalized spacial score (nSPS) is 19.2. The lowest BCUT2D eigenvalue weighted by atomic mass is 9.84. The predicted molar refractivity (Wildman–Crippen MR) is 79.0 cm³/mol. The Bertz CT molecular complexity index is 550. The van der Waals surface area contributed by atoms with E-state index in [-0.39, 0.29) is 5.92 Å².